The number of allylic oxidation sites excluding steroid dienone is 1. The zero-order chi connectivity index (χ0) is 21.4. The van der Waals surface area contributed by atoms with Gasteiger partial charge in [0.25, 0.3) is 0 Å². The average molecular weight is 399 g/mol. The van der Waals surface area contributed by atoms with Gasteiger partial charge in [-0.1, -0.05) is 61.8 Å². The summed E-state index contributed by atoms with van der Waals surface area (Å²) in [7, 11) is 0. The molecule has 1 aromatic carbocycles. The molecule has 29 heavy (non-hydrogen) atoms. The lowest BCUT2D eigenvalue weighted by Crippen LogP contribution is -2.35. The van der Waals surface area contributed by atoms with Crippen LogP contribution in [0.1, 0.15) is 57.1 Å². The standard InChI is InChI=1S/C22H30N4O3/c1-22(2,3)20(21(28)29)18-13-15(10-11-16-7-4-5-8-17(16)18)14-24-19(27)9-6-12-25-26-23/h4-5,7-8,10,18,20H,6,9,11-14H2,1-3H3,(H,24,27)(H,28,29). The molecule has 1 aliphatic carbocycles. The van der Waals surface area contributed by atoms with Crippen LogP contribution in [0.5, 0.6) is 0 Å². The second-order valence-corrected chi connectivity index (χ2v) is 8.59. The highest BCUT2D eigenvalue weighted by atomic mass is 16.4. The van der Waals surface area contributed by atoms with Gasteiger partial charge in [0, 0.05) is 30.3 Å². The molecule has 1 amide bonds. The first-order valence-corrected chi connectivity index (χ1v) is 10.00. The molecule has 1 aliphatic rings. The average Bonchev–Trinajstić information content (AvgIpc) is 2.82. The van der Waals surface area contributed by atoms with E-state index in [0.717, 1.165) is 23.1 Å². The van der Waals surface area contributed by atoms with Crippen molar-refractivity contribution in [3.05, 3.63) is 57.5 Å². The van der Waals surface area contributed by atoms with Crippen LogP contribution >= 0.6 is 0 Å². The van der Waals surface area contributed by atoms with Gasteiger partial charge in [-0.2, -0.15) is 0 Å². The number of carboxylic acid groups (broad SMARTS) is 1. The lowest BCUT2D eigenvalue weighted by Gasteiger charge is -2.35. The number of azide groups is 1. The molecule has 0 bridgehead atoms. The molecule has 2 N–H and O–H groups in total. The fourth-order valence-electron chi connectivity index (χ4n) is 4.06. The Balaban J connectivity index is 2.17. The van der Waals surface area contributed by atoms with E-state index in [-0.39, 0.29) is 11.8 Å². The molecule has 0 spiro atoms. The van der Waals surface area contributed by atoms with Crippen LogP contribution in [0.25, 0.3) is 10.4 Å². The highest BCUT2D eigenvalue weighted by Crippen LogP contribution is 2.44. The fraction of sp³-hybridized carbons (Fsp3) is 0.545. The summed E-state index contributed by atoms with van der Waals surface area (Å²) in [6.07, 6.45) is 4.25. The Bertz CT molecular complexity index is 820. The molecule has 0 saturated heterocycles. The minimum atomic E-state index is -0.791. The molecule has 1 aromatic rings. The van der Waals surface area contributed by atoms with Gasteiger partial charge in [0.1, 0.15) is 0 Å². The molecular weight excluding hydrogens is 368 g/mol. The number of hydrogen-bond donors (Lipinski definition) is 2. The van der Waals surface area contributed by atoms with Crippen LogP contribution in [0.4, 0.5) is 0 Å². The smallest absolute Gasteiger partial charge is 0.307 e. The summed E-state index contributed by atoms with van der Waals surface area (Å²) in [5.41, 5.74) is 11.2. The molecule has 0 saturated carbocycles. The Kier molecular flexibility index (Phi) is 7.85. The van der Waals surface area contributed by atoms with Crippen molar-refractivity contribution < 1.29 is 14.7 Å². The molecule has 2 unspecified atom stereocenters. The molecule has 0 heterocycles. The van der Waals surface area contributed by atoms with E-state index in [1.807, 2.05) is 39.0 Å². The Morgan fingerprint density at radius 2 is 2.07 bits per heavy atom. The molecular formula is C22H30N4O3. The lowest BCUT2D eigenvalue weighted by molar-refractivity contribution is -0.146. The summed E-state index contributed by atoms with van der Waals surface area (Å²) in [4.78, 5) is 26.9. The van der Waals surface area contributed by atoms with Crippen molar-refractivity contribution in [2.45, 2.75) is 52.4 Å². The van der Waals surface area contributed by atoms with E-state index in [1.54, 1.807) is 0 Å². The van der Waals surface area contributed by atoms with E-state index >= 15 is 0 Å². The van der Waals surface area contributed by atoms with Crippen molar-refractivity contribution in [2.24, 2.45) is 16.4 Å². The zero-order valence-electron chi connectivity index (χ0n) is 17.4. The van der Waals surface area contributed by atoms with Gasteiger partial charge in [-0.15, -0.1) is 0 Å². The van der Waals surface area contributed by atoms with Gasteiger partial charge in [-0.05, 0) is 41.3 Å². The third-order valence-corrected chi connectivity index (χ3v) is 5.39. The third kappa shape index (κ3) is 6.36. The Morgan fingerprint density at radius 3 is 2.72 bits per heavy atom. The van der Waals surface area contributed by atoms with Crippen molar-refractivity contribution >= 4 is 11.9 Å². The molecule has 7 heteroatoms. The highest BCUT2D eigenvalue weighted by molar-refractivity contribution is 5.76. The van der Waals surface area contributed by atoms with Crippen molar-refractivity contribution in [1.82, 2.24) is 5.32 Å². The van der Waals surface area contributed by atoms with Crippen LogP contribution in [-0.4, -0.2) is 30.1 Å². The third-order valence-electron chi connectivity index (χ3n) is 5.39. The number of rotatable bonds is 8. The van der Waals surface area contributed by atoms with Crippen LogP contribution in [-0.2, 0) is 16.0 Å². The Hall–Kier alpha value is -2.79. The van der Waals surface area contributed by atoms with Gasteiger partial charge in [0.05, 0.1) is 5.92 Å². The zero-order valence-corrected chi connectivity index (χ0v) is 17.4. The number of fused-ring (bicyclic) bond motifs is 1. The normalized spacial score (nSPS) is 17.2. The number of hydrogen-bond acceptors (Lipinski definition) is 3. The first kappa shape index (κ1) is 22.5. The van der Waals surface area contributed by atoms with Gasteiger partial charge in [0.15, 0.2) is 0 Å². The number of aliphatic carboxylic acids is 1. The summed E-state index contributed by atoms with van der Waals surface area (Å²) in [5.74, 6) is -1.58. The van der Waals surface area contributed by atoms with Gasteiger partial charge in [-0.3, -0.25) is 9.59 Å². The summed E-state index contributed by atoms with van der Waals surface area (Å²) in [5, 5.41) is 16.4. The summed E-state index contributed by atoms with van der Waals surface area (Å²) in [6.45, 7) is 6.60. The highest BCUT2D eigenvalue weighted by Gasteiger charge is 2.40. The maximum absolute atomic E-state index is 12.2. The molecule has 0 aromatic heterocycles. The van der Waals surface area contributed by atoms with Crippen LogP contribution in [0.15, 0.2) is 41.0 Å². The first-order chi connectivity index (χ1) is 13.7. The van der Waals surface area contributed by atoms with Crippen molar-refractivity contribution in [1.29, 1.82) is 0 Å². The van der Waals surface area contributed by atoms with Crippen LogP contribution in [0, 0.1) is 11.3 Å². The van der Waals surface area contributed by atoms with Crippen LogP contribution in [0.2, 0.25) is 0 Å². The number of nitrogens with one attached hydrogen (secondary N) is 1. The fourth-order valence-corrected chi connectivity index (χ4v) is 4.06. The summed E-state index contributed by atoms with van der Waals surface area (Å²) < 4.78 is 0. The van der Waals surface area contributed by atoms with E-state index in [0.29, 0.717) is 32.4 Å². The predicted octanol–water partition coefficient (Wildman–Crippen LogP) is 4.60. The largest absolute Gasteiger partial charge is 0.481 e. The first-order valence-electron chi connectivity index (χ1n) is 10.00. The Labute approximate surface area is 171 Å². The van der Waals surface area contributed by atoms with Gasteiger partial charge in [-0.25, -0.2) is 0 Å². The molecule has 0 radical (unpaired) electrons. The lowest BCUT2D eigenvalue weighted by atomic mass is 9.68. The van der Waals surface area contributed by atoms with Gasteiger partial charge < -0.3 is 10.4 Å². The Morgan fingerprint density at radius 1 is 1.34 bits per heavy atom. The maximum Gasteiger partial charge on any atom is 0.307 e. The van der Waals surface area contributed by atoms with Crippen molar-refractivity contribution in [3.8, 4) is 0 Å². The summed E-state index contributed by atoms with van der Waals surface area (Å²) in [6, 6.07) is 8.03. The molecule has 156 valence electrons. The molecule has 0 fully saturated rings. The van der Waals surface area contributed by atoms with E-state index in [9.17, 15) is 14.7 Å². The minimum Gasteiger partial charge on any atom is -0.481 e. The number of benzene rings is 1. The second kappa shape index (κ2) is 10.1. The van der Waals surface area contributed by atoms with Crippen molar-refractivity contribution in [2.75, 3.05) is 13.1 Å². The SMILES string of the molecule is CC(C)(C)C(C(=O)O)C1CC(CNC(=O)CCCN=[N+]=[N-])=CCc2ccccc21. The van der Waals surface area contributed by atoms with Crippen LogP contribution in [0.3, 0.4) is 0 Å². The number of carboxylic acids is 1. The van der Waals surface area contributed by atoms with E-state index < -0.39 is 17.3 Å². The molecule has 2 rings (SSSR count). The quantitative estimate of drug-likeness (QED) is 0.219. The van der Waals surface area contributed by atoms with E-state index in [2.05, 4.69) is 27.5 Å². The van der Waals surface area contributed by atoms with Gasteiger partial charge >= 0.3 is 5.97 Å². The van der Waals surface area contributed by atoms with Gasteiger partial charge in [0.2, 0.25) is 5.91 Å². The maximum atomic E-state index is 12.2. The number of carbonyl (C=O) groups excluding carboxylic acids is 1. The number of nitrogens with zero attached hydrogens (tertiary/aromatic N) is 3. The second-order valence-electron chi connectivity index (χ2n) is 8.59. The number of carbonyl (C=O) groups is 2. The molecule has 2 atom stereocenters. The molecule has 7 nitrogen and oxygen atoms in total. The van der Waals surface area contributed by atoms with E-state index in [4.69, 9.17) is 5.53 Å². The topological polar surface area (TPSA) is 115 Å². The van der Waals surface area contributed by atoms with E-state index in [1.165, 1.54) is 0 Å². The predicted molar refractivity (Wildman–Crippen MR) is 112 cm³/mol. The monoisotopic (exact) mass is 398 g/mol. The minimum absolute atomic E-state index is 0.0945. The van der Waals surface area contributed by atoms with Crippen LogP contribution < -0.4 is 5.32 Å². The molecule has 0 aliphatic heterocycles. The number of amides is 1. The summed E-state index contributed by atoms with van der Waals surface area (Å²) >= 11 is 0. The van der Waals surface area contributed by atoms with Crippen molar-refractivity contribution in [3.63, 3.8) is 0 Å².